The molecule has 3 heterocycles. The molecule has 6 rings (SSSR count). The average Bonchev–Trinajstić information content (AvgIpc) is 3.45. The number of carbonyl (C=O) groups excluding carboxylic acids is 1. The first-order chi connectivity index (χ1) is 19.4. The summed E-state index contributed by atoms with van der Waals surface area (Å²) in [5.74, 6) is -0.947. The van der Waals surface area contributed by atoms with Crippen LogP contribution in [0.5, 0.6) is 0 Å². The van der Waals surface area contributed by atoms with Gasteiger partial charge in [-0.05, 0) is 49.2 Å². The van der Waals surface area contributed by atoms with Gasteiger partial charge in [0.2, 0.25) is 0 Å². The number of benzene rings is 3. The van der Waals surface area contributed by atoms with E-state index in [1.54, 1.807) is 26.0 Å². The highest BCUT2D eigenvalue weighted by Gasteiger charge is 2.33. The van der Waals surface area contributed by atoms with Crippen LogP contribution in [0.1, 0.15) is 36.6 Å². The minimum atomic E-state index is -0.780. The van der Waals surface area contributed by atoms with E-state index >= 15 is 0 Å². The van der Waals surface area contributed by atoms with Crippen molar-refractivity contribution in [2.75, 3.05) is 6.61 Å². The Balaban J connectivity index is 1.52. The van der Waals surface area contributed by atoms with Gasteiger partial charge in [-0.2, -0.15) is 0 Å². The zero-order valence-corrected chi connectivity index (χ0v) is 22.8. The molecule has 1 atom stereocenters. The van der Waals surface area contributed by atoms with Crippen molar-refractivity contribution < 1.29 is 13.9 Å². The van der Waals surface area contributed by atoms with Gasteiger partial charge in [-0.25, -0.2) is 14.2 Å². The van der Waals surface area contributed by atoms with Crippen LogP contribution in [0.25, 0.3) is 17.0 Å². The first-order valence-electron chi connectivity index (χ1n) is 13.0. The second-order valence-corrected chi connectivity index (χ2v) is 10.6. The maximum Gasteiger partial charge on any atom is 0.338 e. The number of carbonyl (C=O) groups is 1. The number of allylic oxidation sites excluding steroid dienone is 1. The first kappa shape index (κ1) is 25.7. The summed E-state index contributed by atoms with van der Waals surface area (Å²) in [5, 5.41) is 1.03. The molecule has 200 valence electrons. The van der Waals surface area contributed by atoms with Crippen LogP contribution < -0.4 is 14.9 Å². The second-order valence-electron chi connectivity index (χ2n) is 9.57. The predicted molar refractivity (Wildman–Crippen MR) is 154 cm³/mol. The third kappa shape index (κ3) is 4.60. The van der Waals surface area contributed by atoms with Crippen LogP contribution in [0, 0.1) is 5.82 Å². The fourth-order valence-electron chi connectivity index (χ4n) is 5.19. The summed E-state index contributed by atoms with van der Waals surface area (Å²) in [6.45, 7) is 4.34. The summed E-state index contributed by atoms with van der Waals surface area (Å²) in [6.07, 6.45) is 3.95. The Labute approximate surface area is 233 Å². The van der Waals surface area contributed by atoms with Gasteiger partial charge in [0, 0.05) is 29.2 Å². The van der Waals surface area contributed by atoms with Crippen molar-refractivity contribution in [2.45, 2.75) is 26.4 Å². The number of nitrogens with zero attached hydrogens (tertiary/aromatic N) is 3. The average molecular weight is 552 g/mol. The third-order valence-corrected chi connectivity index (χ3v) is 7.99. The Morgan fingerprint density at radius 1 is 1.05 bits per heavy atom. The van der Waals surface area contributed by atoms with Gasteiger partial charge < -0.3 is 9.30 Å². The third-order valence-electron chi connectivity index (χ3n) is 7.00. The number of esters is 1. The summed E-state index contributed by atoms with van der Waals surface area (Å²) in [7, 11) is 0. The molecule has 3 aromatic carbocycles. The standard InChI is InChI=1S/C32H26FN3O3S/c1-3-39-31(38)28-20(2)34-32-36(29(28)22-13-15-24(33)16-14-22)30(37)27(40-32)17-23-19-35(18-21-9-5-4-6-10-21)26-12-8-7-11-25(23)26/h4-17,19,29H,3,18H2,1-2H3/b27-17+. The van der Waals surface area contributed by atoms with Crippen molar-refractivity contribution >= 4 is 34.3 Å². The van der Waals surface area contributed by atoms with E-state index in [2.05, 4.69) is 34.0 Å². The molecule has 0 aliphatic carbocycles. The molecule has 8 heteroatoms. The Hall–Kier alpha value is -4.56. The van der Waals surface area contributed by atoms with Crippen LogP contribution in [0.4, 0.5) is 4.39 Å². The van der Waals surface area contributed by atoms with Gasteiger partial charge >= 0.3 is 5.97 Å². The van der Waals surface area contributed by atoms with E-state index in [0.29, 0.717) is 27.1 Å². The maximum atomic E-state index is 14.0. The maximum absolute atomic E-state index is 14.0. The van der Waals surface area contributed by atoms with Crippen molar-refractivity contribution in [3.05, 3.63) is 139 Å². The highest BCUT2D eigenvalue weighted by Crippen LogP contribution is 2.31. The molecule has 40 heavy (non-hydrogen) atoms. The number of rotatable bonds is 6. The monoisotopic (exact) mass is 551 g/mol. The van der Waals surface area contributed by atoms with Gasteiger partial charge in [-0.1, -0.05) is 72.0 Å². The van der Waals surface area contributed by atoms with E-state index < -0.39 is 17.8 Å². The highest BCUT2D eigenvalue weighted by molar-refractivity contribution is 7.07. The van der Waals surface area contributed by atoms with Crippen molar-refractivity contribution in [1.82, 2.24) is 9.13 Å². The molecule has 0 saturated carbocycles. The zero-order valence-electron chi connectivity index (χ0n) is 22.0. The van der Waals surface area contributed by atoms with Crippen molar-refractivity contribution in [3.63, 3.8) is 0 Å². The van der Waals surface area contributed by atoms with Crippen LogP contribution in [0.15, 0.2) is 106 Å². The van der Waals surface area contributed by atoms with E-state index in [1.165, 1.54) is 33.6 Å². The molecule has 0 N–H and O–H groups in total. The summed E-state index contributed by atoms with van der Waals surface area (Å²) in [5.41, 5.74) is 4.23. The molecule has 6 nitrogen and oxygen atoms in total. The lowest BCUT2D eigenvalue weighted by Crippen LogP contribution is -2.39. The quantitative estimate of drug-likeness (QED) is 0.281. The largest absolute Gasteiger partial charge is 0.463 e. The molecule has 2 aromatic heterocycles. The normalized spacial score (nSPS) is 15.3. The van der Waals surface area contributed by atoms with Crippen LogP contribution in [0.3, 0.4) is 0 Å². The smallest absolute Gasteiger partial charge is 0.338 e. The van der Waals surface area contributed by atoms with Gasteiger partial charge in [0.15, 0.2) is 4.80 Å². The minimum Gasteiger partial charge on any atom is -0.463 e. The van der Waals surface area contributed by atoms with Gasteiger partial charge in [0.25, 0.3) is 5.56 Å². The molecule has 0 spiro atoms. The predicted octanol–water partition coefficient (Wildman–Crippen LogP) is 4.94. The lowest BCUT2D eigenvalue weighted by atomic mass is 9.96. The van der Waals surface area contributed by atoms with E-state index in [-0.39, 0.29) is 17.7 Å². The number of halogens is 1. The molecule has 1 aliphatic rings. The van der Waals surface area contributed by atoms with Crippen LogP contribution in [-0.4, -0.2) is 21.7 Å². The van der Waals surface area contributed by atoms with Crippen LogP contribution in [0.2, 0.25) is 0 Å². The topological polar surface area (TPSA) is 65.6 Å². The number of hydrogen-bond acceptors (Lipinski definition) is 5. The number of hydrogen-bond donors (Lipinski definition) is 0. The lowest BCUT2D eigenvalue weighted by molar-refractivity contribution is -0.139. The lowest BCUT2D eigenvalue weighted by Gasteiger charge is -2.24. The number of fused-ring (bicyclic) bond motifs is 2. The minimum absolute atomic E-state index is 0.184. The van der Waals surface area contributed by atoms with Crippen LogP contribution in [-0.2, 0) is 16.1 Å². The van der Waals surface area contributed by atoms with E-state index in [4.69, 9.17) is 4.74 Å². The molecule has 0 radical (unpaired) electrons. The van der Waals surface area contributed by atoms with E-state index in [1.807, 2.05) is 42.5 Å². The van der Waals surface area contributed by atoms with Crippen molar-refractivity contribution in [1.29, 1.82) is 0 Å². The molecule has 1 unspecified atom stereocenters. The fraction of sp³-hybridized carbons (Fsp3) is 0.156. The number of para-hydroxylation sites is 1. The Morgan fingerprint density at radius 2 is 1.77 bits per heavy atom. The zero-order chi connectivity index (χ0) is 27.8. The molecule has 1 aliphatic heterocycles. The number of thiazole rings is 1. The molecule has 0 saturated heterocycles. The van der Waals surface area contributed by atoms with Crippen molar-refractivity contribution in [3.8, 4) is 0 Å². The Morgan fingerprint density at radius 3 is 2.52 bits per heavy atom. The molecule has 0 bridgehead atoms. The summed E-state index contributed by atoms with van der Waals surface area (Å²) >= 11 is 1.27. The molecule has 0 fully saturated rings. The van der Waals surface area contributed by atoms with Crippen molar-refractivity contribution in [2.24, 2.45) is 4.99 Å². The van der Waals surface area contributed by atoms with Gasteiger partial charge in [0.1, 0.15) is 5.82 Å². The first-order valence-corrected chi connectivity index (χ1v) is 13.8. The summed E-state index contributed by atoms with van der Waals surface area (Å²) < 4.78 is 23.3. The highest BCUT2D eigenvalue weighted by atomic mass is 32.1. The summed E-state index contributed by atoms with van der Waals surface area (Å²) in [4.78, 5) is 32.1. The van der Waals surface area contributed by atoms with Gasteiger partial charge in [0.05, 0.1) is 28.5 Å². The van der Waals surface area contributed by atoms with E-state index in [0.717, 1.165) is 16.5 Å². The molecular formula is C32H26FN3O3S. The fourth-order valence-corrected chi connectivity index (χ4v) is 6.23. The van der Waals surface area contributed by atoms with E-state index in [9.17, 15) is 14.0 Å². The number of aromatic nitrogens is 2. The SMILES string of the molecule is CCOC(=O)C1=C(C)N=c2s/c(=C/c3cn(Cc4ccccc4)c4ccccc34)c(=O)n2C1c1ccc(F)cc1. The van der Waals surface area contributed by atoms with Crippen LogP contribution >= 0.6 is 11.3 Å². The second kappa shape index (κ2) is 10.5. The van der Waals surface area contributed by atoms with Gasteiger partial charge in [-0.3, -0.25) is 9.36 Å². The molecule has 0 amide bonds. The number of ether oxygens (including phenoxy) is 1. The Bertz CT molecular complexity index is 1950. The molecular weight excluding hydrogens is 525 g/mol. The Kier molecular flexibility index (Phi) is 6.77. The van der Waals surface area contributed by atoms with Gasteiger partial charge in [-0.15, -0.1) is 0 Å². The molecule has 5 aromatic rings. The summed E-state index contributed by atoms with van der Waals surface area (Å²) in [6, 6.07) is 23.4.